The van der Waals surface area contributed by atoms with E-state index in [4.69, 9.17) is 4.74 Å². The molecule has 0 spiro atoms. The lowest BCUT2D eigenvalue weighted by Crippen LogP contribution is -2.15. The highest BCUT2D eigenvalue weighted by atomic mass is 32.1. The van der Waals surface area contributed by atoms with Crippen molar-refractivity contribution in [3.63, 3.8) is 0 Å². The van der Waals surface area contributed by atoms with Crippen LogP contribution in [-0.2, 0) is 16.1 Å². The lowest BCUT2D eigenvalue weighted by Gasteiger charge is -2.09. The van der Waals surface area contributed by atoms with Gasteiger partial charge in [0.05, 0.1) is 12.1 Å². The van der Waals surface area contributed by atoms with E-state index in [9.17, 15) is 14.4 Å². The van der Waals surface area contributed by atoms with Crippen molar-refractivity contribution in [2.75, 3.05) is 11.9 Å². The van der Waals surface area contributed by atoms with E-state index in [2.05, 4.69) is 16.0 Å². The van der Waals surface area contributed by atoms with Crippen LogP contribution in [0.2, 0.25) is 0 Å². The zero-order chi connectivity index (χ0) is 21.0. The number of nitrogens with one attached hydrogen (secondary N) is 1. The molecule has 0 bridgehead atoms. The average Bonchev–Trinajstić information content (AvgIpc) is 3.30. The van der Waals surface area contributed by atoms with E-state index in [1.54, 1.807) is 35.6 Å². The molecule has 0 saturated heterocycles. The molecule has 150 valence electrons. The van der Waals surface area contributed by atoms with Crippen LogP contribution in [0.3, 0.4) is 0 Å². The Morgan fingerprint density at radius 3 is 2.45 bits per heavy atom. The summed E-state index contributed by atoms with van der Waals surface area (Å²) in [7, 11) is 0. The van der Waals surface area contributed by atoms with E-state index >= 15 is 0 Å². The Morgan fingerprint density at radius 1 is 1.10 bits per heavy atom. The van der Waals surface area contributed by atoms with Crippen LogP contribution in [0.4, 0.5) is 5.69 Å². The number of carbonyl (C=O) groups excluding carboxylic acids is 3. The molecule has 0 aliphatic rings. The summed E-state index contributed by atoms with van der Waals surface area (Å²) in [6.45, 7) is 5.65. The number of anilines is 1. The number of nitrogens with zero attached hydrogens (tertiary/aromatic N) is 1. The van der Waals surface area contributed by atoms with Crippen molar-refractivity contribution >= 4 is 34.7 Å². The number of amides is 1. The van der Waals surface area contributed by atoms with Crippen LogP contribution in [0.1, 0.15) is 43.9 Å². The number of esters is 1. The van der Waals surface area contributed by atoms with Crippen LogP contribution < -0.4 is 5.32 Å². The second-order valence-corrected chi connectivity index (χ2v) is 7.74. The predicted molar refractivity (Wildman–Crippen MR) is 113 cm³/mol. The van der Waals surface area contributed by atoms with Gasteiger partial charge in [0.25, 0.3) is 0 Å². The highest BCUT2D eigenvalue weighted by molar-refractivity contribution is 7.09. The number of aromatic nitrogens is 1. The first-order chi connectivity index (χ1) is 13.8. The van der Waals surface area contributed by atoms with Crippen LogP contribution >= 0.6 is 11.3 Å². The van der Waals surface area contributed by atoms with Crippen molar-refractivity contribution in [2.24, 2.45) is 0 Å². The molecule has 0 fully saturated rings. The summed E-state index contributed by atoms with van der Waals surface area (Å²) < 4.78 is 7.28. The molecule has 7 heteroatoms. The molecule has 1 amide bonds. The SMILES string of the molecule is CC(=O)Nc1ccc(C(=O)OCC(=O)c2cc(C)n(Cc3cccs3)c2C)cc1. The van der Waals surface area contributed by atoms with E-state index in [0.717, 1.165) is 11.4 Å². The number of carbonyl (C=O) groups is 3. The number of rotatable bonds is 7. The quantitative estimate of drug-likeness (QED) is 0.467. The molecule has 6 nitrogen and oxygen atoms in total. The number of hydrogen-bond donors (Lipinski definition) is 1. The zero-order valence-corrected chi connectivity index (χ0v) is 17.3. The van der Waals surface area contributed by atoms with Gasteiger partial charge < -0.3 is 14.6 Å². The van der Waals surface area contributed by atoms with Crippen LogP contribution in [-0.4, -0.2) is 28.8 Å². The second kappa shape index (κ2) is 8.87. The molecule has 0 aliphatic heterocycles. The molecular weight excluding hydrogens is 388 g/mol. The van der Waals surface area contributed by atoms with Gasteiger partial charge in [-0.25, -0.2) is 4.79 Å². The van der Waals surface area contributed by atoms with Crippen LogP contribution in [0.25, 0.3) is 0 Å². The number of aryl methyl sites for hydroxylation is 1. The molecule has 2 heterocycles. The van der Waals surface area contributed by atoms with Crippen LogP contribution in [0.15, 0.2) is 47.8 Å². The fourth-order valence-electron chi connectivity index (χ4n) is 3.07. The first-order valence-electron chi connectivity index (χ1n) is 9.12. The van der Waals surface area contributed by atoms with E-state index < -0.39 is 5.97 Å². The number of hydrogen-bond acceptors (Lipinski definition) is 5. The van der Waals surface area contributed by atoms with Crippen LogP contribution in [0, 0.1) is 13.8 Å². The maximum absolute atomic E-state index is 12.6. The number of ketones is 1. The smallest absolute Gasteiger partial charge is 0.338 e. The van der Waals surface area contributed by atoms with Gasteiger partial charge >= 0.3 is 5.97 Å². The Bertz CT molecular complexity index is 1030. The van der Waals surface area contributed by atoms with Gasteiger partial charge in [0.2, 0.25) is 11.7 Å². The second-order valence-electron chi connectivity index (χ2n) is 6.71. The Labute approximate surface area is 173 Å². The number of thiophene rings is 1. The maximum Gasteiger partial charge on any atom is 0.338 e. The van der Waals surface area contributed by atoms with E-state index in [1.165, 1.54) is 11.8 Å². The number of ether oxygens (including phenoxy) is 1. The summed E-state index contributed by atoms with van der Waals surface area (Å²) in [5.41, 5.74) is 3.31. The Hall–Kier alpha value is -3.19. The predicted octanol–water partition coefficient (Wildman–Crippen LogP) is 4.21. The molecule has 0 unspecified atom stereocenters. The molecule has 1 aromatic carbocycles. The summed E-state index contributed by atoms with van der Waals surface area (Å²) in [5.74, 6) is -1.01. The topological polar surface area (TPSA) is 77.4 Å². The van der Waals surface area contributed by atoms with E-state index in [1.807, 2.05) is 31.4 Å². The van der Waals surface area contributed by atoms with Crippen molar-refractivity contribution in [3.05, 3.63) is 75.2 Å². The highest BCUT2D eigenvalue weighted by Crippen LogP contribution is 2.20. The summed E-state index contributed by atoms with van der Waals surface area (Å²) >= 11 is 1.67. The Morgan fingerprint density at radius 2 is 1.83 bits per heavy atom. The minimum absolute atomic E-state index is 0.192. The summed E-state index contributed by atoms with van der Waals surface area (Å²) in [5, 5.41) is 4.65. The van der Waals surface area contributed by atoms with Gasteiger partial charge in [-0.1, -0.05) is 6.07 Å². The fourth-order valence-corrected chi connectivity index (χ4v) is 3.76. The highest BCUT2D eigenvalue weighted by Gasteiger charge is 2.18. The lowest BCUT2D eigenvalue weighted by molar-refractivity contribution is -0.114. The molecule has 3 rings (SSSR count). The van der Waals surface area contributed by atoms with Gasteiger partial charge in [-0.3, -0.25) is 9.59 Å². The van der Waals surface area contributed by atoms with Crippen LogP contribution in [0.5, 0.6) is 0 Å². The normalized spacial score (nSPS) is 10.6. The van der Waals surface area contributed by atoms with Gasteiger partial charge in [-0.2, -0.15) is 0 Å². The van der Waals surface area contributed by atoms with Gasteiger partial charge in [0.1, 0.15) is 0 Å². The van der Waals surface area contributed by atoms with Gasteiger partial charge in [-0.05, 0) is 55.6 Å². The van der Waals surface area contributed by atoms with Gasteiger partial charge in [-0.15, -0.1) is 11.3 Å². The lowest BCUT2D eigenvalue weighted by atomic mass is 10.1. The van der Waals surface area contributed by atoms with Gasteiger partial charge in [0.15, 0.2) is 6.61 Å². The molecule has 0 radical (unpaired) electrons. The molecule has 29 heavy (non-hydrogen) atoms. The third-order valence-electron chi connectivity index (χ3n) is 4.54. The molecule has 0 atom stereocenters. The van der Waals surface area contributed by atoms with E-state index in [0.29, 0.717) is 23.4 Å². The zero-order valence-electron chi connectivity index (χ0n) is 16.5. The average molecular weight is 410 g/mol. The maximum atomic E-state index is 12.6. The number of Topliss-reactive ketones (excluding diaryl/α,β-unsaturated/α-hetero) is 1. The molecule has 0 saturated carbocycles. The molecule has 0 aliphatic carbocycles. The summed E-state index contributed by atoms with van der Waals surface area (Å²) in [6.07, 6.45) is 0. The van der Waals surface area contributed by atoms with Crippen molar-refractivity contribution in [1.29, 1.82) is 0 Å². The molecule has 2 aromatic heterocycles. The Kier molecular flexibility index (Phi) is 6.29. The minimum atomic E-state index is -0.583. The number of benzene rings is 1. The van der Waals surface area contributed by atoms with Crippen molar-refractivity contribution < 1.29 is 19.1 Å². The fraction of sp³-hybridized carbons (Fsp3) is 0.227. The monoisotopic (exact) mass is 410 g/mol. The molecule has 3 aromatic rings. The van der Waals surface area contributed by atoms with Crippen molar-refractivity contribution in [2.45, 2.75) is 27.3 Å². The third kappa shape index (κ3) is 5.00. The van der Waals surface area contributed by atoms with Crippen molar-refractivity contribution in [1.82, 2.24) is 4.57 Å². The molecular formula is C22H22N2O4S. The standard InChI is InChI=1S/C22H22N2O4S/c1-14-11-20(15(2)24(14)12-19-5-4-10-29-19)21(26)13-28-22(27)17-6-8-18(9-7-17)23-16(3)25/h4-11H,12-13H2,1-3H3,(H,23,25). The summed E-state index contributed by atoms with van der Waals surface area (Å²) in [6, 6.07) is 12.2. The summed E-state index contributed by atoms with van der Waals surface area (Å²) in [4.78, 5) is 37.1. The molecule has 1 N–H and O–H groups in total. The van der Waals surface area contributed by atoms with Gasteiger partial charge in [0, 0.05) is 34.4 Å². The minimum Gasteiger partial charge on any atom is -0.454 e. The van der Waals surface area contributed by atoms with E-state index in [-0.39, 0.29) is 18.3 Å². The van der Waals surface area contributed by atoms with Crippen molar-refractivity contribution in [3.8, 4) is 0 Å². The first-order valence-corrected chi connectivity index (χ1v) is 10.00. The Balaban J connectivity index is 1.63. The largest absolute Gasteiger partial charge is 0.454 e. The third-order valence-corrected chi connectivity index (χ3v) is 5.40. The first kappa shape index (κ1) is 20.5.